The molecule has 0 radical (unpaired) electrons. The summed E-state index contributed by atoms with van der Waals surface area (Å²) in [7, 11) is 0. The molecule has 1 nitrogen and oxygen atoms in total. The number of rotatable bonds is 6. The molecule has 1 aromatic heterocycles. The lowest BCUT2D eigenvalue weighted by Crippen LogP contribution is -2.16. The van der Waals surface area contributed by atoms with E-state index >= 15 is 0 Å². The molecule has 0 spiro atoms. The Morgan fingerprint density at radius 2 is 1.08 bits per heavy atom. The van der Waals surface area contributed by atoms with Crippen molar-refractivity contribution in [2.24, 2.45) is 0 Å². The first-order valence-corrected chi connectivity index (χ1v) is 14.1. The molecule has 0 N–H and O–H groups in total. The largest absolute Gasteiger partial charge is 0.337 e. The molecule has 0 aliphatic carbocycles. The number of anilines is 2. The van der Waals surface area contributed by atoms with Crippen LogP contribution in [0.5, 0.6) is 0 Å². The first-order valence-electron chi connectivity index (χ1n) is 13.3. The minimum absolute atomic E-state index is 0.783. The fourth-order valence-corrected chi connectivity index (χ4v) is 6.64. The average molecular weight is 518 g/mol. The van der Waals surface area contributed by atoms with E-state index in [2.05, 4.69) is 157 Å². The molecular formula is C37H27NS. The molecule has 0 fully saturated rings. The Morgan fingerprint density at radius 1 is 0.462 bits per heavy atom. The van der Waals surface area contributed by atoms with Crippen molar-refractivity contribution in [2.75, 3.05) is 4.90 Å². The Labute approximate surface area is 233 Å². The molecular weight excluding hydrogens is 490 g/mol. The van der Waals surface area contributed by atoms with Crippen LogP contribution in [0.2, 0.25) is 0 Å². The predicted molar refractivity (Wildman–Crippen MR) is 169 cm³/mol. The highest BCUT2D eigenvalue weighted by molar-refractivity contribution is 7.26. The van der Waals surface area contributed by atoms with Crippen molar-refractivity contribution in [3.8, 4) is 22.3 Å². The van der Waals surface area contributed by atoms with Crippen LogP contribution in [0.25, 0.3) is 42.4 Å². The molecule has 0 unspecified atom stereocenters. The standard InChI is InChI=1S/C37H27NS/c1-3-12-28(13-4-1)29-21-23-32(24-22-29)38(31-15-5-2-6-16-31)26-27-11-9-14-30(25-27)33-18-10-19-35-34-17-7-8-20-36(34)39-37(33)35/h1-25H,26H2. The summed E-state index contributed by atoms with van der Waals surface area (Å²) in [5.41, 5.74) is 8.66. The van der Waals surface area contributed by atoms with Gasteiger partial charge in [-0.25, -0.2) is 0 Å². The molecule has 0 aliphatic heterocycles. The summed E-state index contributed by atoms with van der Waals surface area (Å²) in [6.45, 7) is 0.783. The van der Waals surface area contributed by atoms with Gasteiger partial charge in [0.25, 0.3) is 0 Å². The van der Waals surface area contributed by atoms with Crippen LogP contribution in [0.15, 0.2) is 152 Å². The van der Waals surface area contributed by atoms with E-state index in [1.807, 2.05) is 11.3 Å². The minimum Gasteiger partial charge on any atom is -0.337 e. The van der Waals surface area contributed by atoms with Crippen LogP contribution in [0.4, 0.5) is 11.4 Å². The van der Waals surface area contributed by atoms with Gasteiger partial charge in [-0.15, -0.1) is 11.3 Å². The van der Waals surface area contributed by atoms with Gasteiger partial charge in [-0.2, -0.15) is 0 Å². The lowest BCUT2D eigenvalue weighted by Gasteiger charge is -2.26. The van der Waals surface area contributed by atoms with Crippen molar-refractivity contribution in [1.29, 1.82) is 0 Å². The van der Waals surface area contributed by atoms with Gasteiger partial charge in [0.2, 0.25) is 0 Å². The van der Waals surface area contributed by atoms with E-state index in [1.165, 1.54) is 59.4 Å². The van der Waals surface area contributed by atoms with Gasteiger partial charge < -0.3 is 4.90 Å². The highest BCUT2D eigenvalue weighted by Gasteiger charge is 2.13. The van der Waals surface area contributed by atoms with E-state index in [0.717, 1.165) is 6.54 Å². The number of hydrogen-bond acceptors (Lipinski definition) is 2. The van der Waals surface area contributed by atoms with E-state index in [0.29, 0.717) is 0 Å². The molecule has 0 atom stereocenters. The second-order valence-corrected chi connectivity index (χ2v) is 10.9. The second kappa shape index (κ2) is 10.2. The van der Waals surface area contributed by atoms with Crippen molar-refractivity contribution in [2.45, 2.75) is 6.54 Å². The van der Waals surface area contributed by atoms with E-state index in [-0.39, 0.29) is 0 Å². The molecule has 0 saturated heterocycles. The summed E-state index contributed by atoms with van der Waals surface area (Å²) in [4.78, 5) is 2.40. The summed E-state index contributed by atoms with van der Waals surface area (Å²) >= 11 is 1.89. The Balaban J connectivity index is 1.26. The second-order valence-electron chi connectivity index (χ2n) is 9.82. The van der Waals surface area contributed by atoms with E-state index in [9.17, 15) is 0 Å². The molecule has 6 aromatic carbocycles. The highest BCUT2D eigenvalue weighted by Crippen LogP contribution is 2.40. The Bertz CT molecular complexity index is 1870. The van der Waals surface area contributed by atoms with Crippen LogP contribution in [-0.2, 0) is 6.54 Å². The minimum atomic E-state index is 0.783. The maximum Gasteiger partial charge on any atom is 0.0481 e. The monoisotopic (exact) mass is 517 g/mol. The maximum absolute atomic E-state index is 2.40. The van der Waals surface area contributed by atoms with Gasteiger partial charge in [-0.1, -0.05) is 115 Å². The van der Waals surface area contributed by atoms with E-state index in [4.69, 9.17) is 0 Å². The van der Waals surface area contributed by atoms with Crippen LogP contribution in [0.3, 0.4) is 0 Å². The van der Waals surface area contributed by atoms with Gasteiger partial charge in [-0.05, 0) is 64.2 Å². The van der Waals surface area contributed by atoms with Crippen molar-refractivity contribution < 1.29 is 0 Å². The Morgan fingerprint density at radius 3 is 1.90 bits per heavy atom. The van der Waals surface area contributed by atoms with Crippen molar-refractivity contribution in [1.82, 2.24) is 0 Å². The molecule has 0 amide bonds. The molecule has 0 saturated carbocycles. The molecule has 7 rings (SSSR count). The predicted octanol–water partition coefficient (Wildman–Crippen LogP) is 10.7. The summed E-state index contributed by atoms with van der Waals surface area (Å²) in [6, 6.07) is 54.6. The van der Waals surface area contributed by atoms with Crippen LogP contribution in [0.1, 0.15) is 5.56 Å². The van der Waals surface area contributed by atoms with Gasteiger partial charge in [0.1, 0.15) is 0 Å². The van der Waals surface area contributed by atoms with Gasteiger partial charge in [-0.3, -0.25) is 0 Å². The van der Waals surface area contributed by atoms with E-state index in [1.54, 1.807) is 0 Å². The smallest absolute Gasteiger partial charge is 0.0481 e. The zero-order valence-electron chi connectivity index (χ0n) is 21.5. The van der Waals surface area contributed by atoms with Gasteiger partial charge in [0, 0.05) is 38.1 Å². The summed E-state index contributed by atoms with van der Waals surface area (Å²) in [6.07, 6.45) is 0. The molecule has 7 aromatic rings. The zero-order valence-corrected chi connectivity index (χ0v) is 22.3. The topological polar surface area (TPSA) is 3.24 Å². The van der Waals surface area contributed by atoms with E-state index < -0.39 is 0 Å². The third-order valence-electron chi connectivity index (χ3n) is 7.34. The number of nitrogens with zero attached hydrogens (tertiary/aromatic N) is 1. The molecule has 39 heavy (non-hydrogen) atoms. The molecule has 0 aliphatic rings. The van der Waals surface area contributed by atoms with Crippen LogP contribution in [-0.4, -0.2) is 0 Å². The van der Waals surface area contributed by atoms with Crippen LogP contribution < -0.4 is 4.90 Å². The van der Waals surface area contributed by atoms with Crippen LogP contribution >= 0.6 is 11.3 Å². The van der Waals surface area contributed by atoms with Gasteiger partial charge in [0.15, 0.2) is 0 Å². The first-order chi connectivity index (χ1) is 19.3. The maximum atomic E-state index is 2.40. The Hall–Kier alpha value is -4.66. The third kappa shape index (κ3) is 4.60. The quantitative estimate of drug-likeness (QED) is 0.212. The van der Waals surface area contributed by atoms with Crippen LogP contribution in [0, 0.1) is 0 Å². The number of hydrogen-bond donors (Lipinski definition) is 0. The fraction of sp³-hybridized carbons (Fsp3) is 0.0270. The molecule has 2 heteroatoms. The number of fused-ring (bicyclic) bond motifs is 3. The lowest BCUT2D eigenvalue weighted by atomic mass is 10.0. The van der Waals surface area contributed by atoms with Crippen molar-refractivity contribution in [3.05, 3.63) is 157 Å². The number of benzene rings is 6. The molecule has 186 valence electrons. The third-order valence-corrected chi connectivity index (χ3v) is 8.56. The summed E-state index contributed by atoms with van der Waals surface area (Å²) < 4.78 is 2.69. The van der Waals surface area contributed by atoms with Crippen molar-refractivity contribution >= 4 is 42.9 Å². The lowest BCUT2D eigenvalue weighted by molar-refractivity contribution is 0.976. The number of thiophene rings is 1. The van der Waals surface area contributed by atoms with Gasteiger partial charge in [0.05, 0.1) is 0 Å². The first kappa shape index (κ1) is 23.5. The highest BCUT2D eigenvalue weighted by atomic mass is 32.1. The zero-order chi connectivity index (χ0) is 26.0. The summed E-state index contributed by atoms with van der Waals surface area (Å²) in [5.74, 6) is 0. The normalized spacial score (nSPS) is 11.2. The SMILES string of the molecule is c1ccc(-c2ccc(N(Cc3cccc(-c4cccc5c4sc4ccccc45)c3)c3ccccc3)cc2)cc1. The fourth-order valence-electron chi connectivity index (χ4n) is 5.40. The molecule has 1 heterocycles. The van der Waals surface area contributed by atoms with Crippen molar-refractivity contribution in [3.63, 3.8) is 0 Å². The Kier molecular flexibility index (Phi) is 6.16. The summed E-state index contributed by atoms with van der Waals surface area (Å²) in [5, 5.41) is 2.67. The average Bonchev–Trinajstić information content (AvgIpc) is 3.40. The molecule has 0 bridgehead atoms. The van der Waals surface area contributed by atoms with Gasteiger partial charge >= 0.3 is 0 Å². The number of para-hydroxylation sites is 1.